The summed E-state index contributed by atoms with van der Waals surface area (Å²) in [6.45, 7) is 2.87. The zero-order valence-corrected chi connectivity index (χ0v) is 18.0. The molecule has 2 aromatic rings. The van der Waals surface area contributed by atoms with E-state index in [4.69, 9.17) is 26.6 Å². The van der Waals surface area contributed by atoms with Crippen LogP contribution in [0, 0.1) is 11.3 Å². The number of carboxylic acid groups (broad SMARTS) is 2. The molecule has 30 heavy (non-hydrogen) atoms. The summed E-state index contributed by atoms with van der Waals surface area (Å²) < 4.78 is 6.00. The molecule has 0 saturated carbocycles. The van der Waals surface area contributed by atoms with E-state index in [9.17, 15) is 14.9 Å². The Labute approximate surface area is 183 Å². The number of hydrogen-bond donors (Lipinski definition) is 3. The van der Waals surface area contributed by atoms with Crippen LogP contribution in [0.15, 0.2) is 53.4 Å². The molecule has 158 valence electrons. The number of benzene rings is 2. The smallest absolute Gasteiger partial charge is 0.328 e. The largest absolute Gasteiger partial charge is 0.478 e. The van der Waals surface area contributed by atoms with Gasteiger partial charge in [0.05, 0.1) is 10.5 Å². The summed E-state index contributed by atoms with van der Waals surface area (Å²) in [6, 6.07) is 13.1. The number of carbonyl (C=O) groups is 2. The van der Waals surface area contributed by atoms with E-state index in [1.807, 2.05) is 19.2 Å². The maximum Gasteiger partial charge on any atom is 0.328 e. The van der Waals surface area contributed by atoms with Gasteiger partial charge in [0.2, 0.25) is 0 Å². The third kappa shape index (κ3) is 8.57. The monoisotopic (exact) mass is 448 g/mol. The molecule has 0 bridgehead atoms. The minimum Gasteiger partial charge on any atom is -0.478 e. The fourth-order valence-electron chi connectivity index (χ4n) is 2.21. The summed E-state index contributed by atoms with van der Waals surface area (Å²) >= 11 is 7.74. The van der Waals surface area contributed by atoms with Crippen LogP contribution in [0.5, 0.6) is 11.5 Å². The number of rotatable bonds is 8. The fraction of sp³-hybridized carbons (Fsp3) is 0.190. The van der Waals surface area contributed by atoms with Gasteiger partial charge >= 0.3 is 11.9 Å². The molecule has 0 saturated heterocycles. The van der Waals surface area contributed by atoms with Crippen LogP contribution in [0.25, 0.3) is 0 Å². The van der Waals surface area contributed by atoms with E-state index >= 15 is 0 Å². The summed E-state index contributed by atoms with van der Waals surface area (Å²) in [5, 5.41) is 28.5. The van der Waals surface area contributed by atoms with E-state index in [-0.39, 0.29) is 0 Å². The molecule has 0 fully saturated rings. The van der Waals surface area contributed by atoms with Gasteiger partial charge in [0, 0.05) is 29.8 Å². The Balaban J connectivity index is 0.000000479. The Kier molecular flexibility index (Phi) is 11.1. The van der Waals surface area contributed by atoms with Crippen molar-refractivity contribution in [3.63, 3.8) is 0 Å². The number of halogens is 1. The quantitative estimate of drug-likeness (QED) is 0.397. The molecule has 0 heterocycles. The van der Waals surface area contributed by atoms with Crippen molar-refractivity contribution in [2.45, 2.75) is 18.4 Å². The molecule has 7 nitrogen and oxygen atoms in total. The highest BCUT2D eigenvalue weighted by molar-refractivity contribution is 7.99. The summed E-state index contributed by atoms with van der Waals surface area (Å²) in [4.78, 5) is 20.2. The zero-order valence-electron chi connectivity index (χ0n) is 16.4. The van der Waals surface area contributed by atoms with Crippen LogP contribution in [-0.4, -0.2) is 35.0 Å². The van der Waals surface area contributed by atoms with Crippen molar-refractivity contribution in [1.29, 1.82) is 5.26 Å². The van der Waals surface area contributed by atoms with Gasteiger partial charge in [-0.15, -0.1) is 11.8 Å². The number of thioether (sulfide) groups is 1. The molecule has 0 radical (unpaired) electrons. The van der Waals surface area contributed by atoms with Crippen molar-refractivity contribution in [2.24, 2.45) is 0 Å². The molecule has 0 aliphatic heterocycles. The highest BCUT2D eigenvalue weighted by Gasteiger charge is 2.12. The molecule has 2 rings (SSSR count). The van der Waals surface area contributed by atoms with Crippen molar-refractivity contribution < 1.29 is 24.5 Å². The highest BCUT2D eigenvalue weighted by Crippen LogP contribution is 2.37. The van der Waals surface area contributed by atoms with Crippen LogP contribution >= 0.6 is 23.4 Å². The molecule has 0 aromatic heterocycles. The van der Waals surface area contributed by atoms with E-state index in [1.165, 1.54) is 5.56 Å². The Morgan fingerprint density at radius 3 is 2.40 bits per heavy atom. The number of nitriles is 1. The third-order valence-corrected chi connectivity index (χ3v) is 4.64. The second kappa shape index (κ2) is 13.3. The SMILES string of the molecule is CCSc1c(CNC)cccc1Oc1cc(Cl)ccc1C#N.O=C(O)/C=C/C(=O)O. The van der Waals surface area contributed by atoms with Gasteiger partial charge in [-0.05, 0) is 36.6 Å². The number of carboxylic acids is 2. The van der Waals surface area contributed by atoms with Crippen molar-refractivity contribution in [3.05, 3.63) is 64.7 Å². The van der Waals surface area contributed by atoms with E-state index < -0.39 is 11.9 Å². The number of nitrogens with one attached hydrogen (secondary N) is 1. The molecule has 0 aliphatic carbocycles. The summed E-state index contributed by atoms with van der Waals surface area (Å²) in [6.07, 6.45) is 1.12. The van der Waals surface area contributed by atoms with Gasteiger partial charge in [-0.25, -0.2) is 9.59 Å². The Hall–Kier alpha value is -2.99. The maximum atomic E-state index is 9.55. The zero-order chi connectivity index (χ0) is 22.5. The number of hydrogen-bond acceptors (Lipinski definition) is 6. The van der Waals surface area contributed by atoms with Gasteiger partial charge in [-0.1, -0.05) is 30.7 Å². The molecular weight excluding hydrogens is 428 g/mol. The Bertz CT molecular complexity index is 941. The van der Waals surface area contributed by atoms with E-state index in [0.717, 1.165) is 22.9 Å². The van der Waals surface area contributed by atoms with Gasteiger partial charge in [0.1, 0.15) is 17.6 Å². The van der Waals surface area contributed by atoms with Crippen LogP contribution in [0.3, 0.4) is 0 Å². The van der Waals surface area contributed by atoms with E-state index in [0.29, 0.717) is 28.5 Å². The summed E-state index contributed by atoms with van der Waals surface area (Å²) in [5.74, 6) is -0.342. The van der Waals surface area contributed by atoms with Crippen molar-refractivity contribution in [1.82, 2.24) is 5.32 Å². The number of nitrogens with zero attached hydrogens (tertiary/aromatic N) is 1. The van der Waals surface area contributed by atoms with Gasteiger partial charge in [0.25, 0.3) is 0 Å². The van der Waals surface area contributed by atoms with Crippen molar-refractivity contribution in [2.75, 3.05) is 12.8 Å². The predicted octanol–water partition coefficient (Wildman–Crippen LogP) is 4.55. The molecule has 0 amide bonds. The second-order valence-corrected chi connectivity index (χ2v) is 7.28. The molecule has 0 atom stereocenters. The molecule has 3 N–H and O–H groups in total. The first-order valence-corrected chi connectivity index (χ1v) is 10.1. The molecular formula is C21H21ClN2O5S. The Morgan fingerprint density at radius 2 is 1.87 bits per heavy atom. The highest BCUT2D eigenvalue weighted by atomic mass is 35.5. The lowest BCUT2D eigenvalue weighted by Gasteiger charge is -2.15. The van der Waals surface area contributed by atoms with E-state index in [2.05, 4.69) is 24.4 Å². The van der Waals surface area contributed by atoms with Crippen molar-refractivity contribution >= 4 is 35.3 Å². The predicted molar refractivity (Wildman–Crippen MR) is 116 cm³/mol. The molecule has 0 aliphatic rings. The van der Waals surface area contributed by atoms with Crippen LogP contribution < -0.4 is 10.1 Å². The number of ether oxygens (including phenoxy) is 1. The van der Waals surface area contributed by atoms with Crippen molar-refractivity contribution in [3.8, 4) is 17.6 Å². The van der Waals surface area contributed by atoms with Gasteiger partial charge < -0.3 is 20.3 Å². The summed E-state index contributed by atoms with van der Waals surface area (Å²) in [7, 11) is 1.92. The number of aliphatic carboxylic acids is 2. The van der Waals surface area contributed by atoms with Gasteiger partial charge in [-0.3, -0.25) is 0 Å². The van der Waals surface area contributed by atoms with Crippen LogP contribution in [0.2, 0.25) is 5.02 Å². The standard InChI is InChI=1S/C17H17ClN2OS.C4H4O4/c1-3-22-17-13(11-20-2)5-4-6-15(17)21-16-9-14(18)8-7-12(16)10-19;5-3(6)1-2-4(7)8/h4-9,20H,3,11H2,1-2H3;1-2H,(H,5,6)(H,7,8)/b;2-1+. The molecule has 0 unspecified atom stereocenters. The average molecular weight is 449 g/mol. The first-order valence-electron chi connectivity index (χ1n) is 8.73. The summed E-state index contributed by atoms with van der Waals surface area (Å²) in [5.41, 5.74) is 1.64. The maximum absolute atomic E-state index is 9.55. The van der Waals surface area contributed by atoms with Crippen LogP contribution in [0.1, 0.15) is 18.1 Å². The van der Waals surface area contributed by atoms with Gasteiger partial charge in [0.15, 0.2) is 0 Å². The first kappa shape index (κ1) is 25.0. The fourth-order valence-corrected chi connectivity index (χ4v) is 3.24. The minimum atomic E-state index is -1.26. The molecule has 9 heteroatoms. The molecule has 0 spiro atoms. The average Bonchev–Trinajstić information content (AvgIpc) is 2.70. The lowest BCUT2D eigenvalue weighted by Crippen LogP contribution is -2.06. The lowest BCUT2D eigenvalue weighted by atomic mass is 10.2. The van der Waals surface area contributed by atoms with E-state index in [1.54, 1.807) is 30.0 Å². The Morgan fingerprint density at radius 1 is 1.20 bits per heavy atom. The molecule has 2 aromatic carbocycles. The second-order valence-electron chi connectivity index (χ2n) is 5.57. The lowest BCUT2D eigenvalue weighted by molar-refractivity contribution is -0.134. The normalized spacial score (nSPS) is 10.1. The van der Waals surface area contributed by atoms with Crippen LogP contribution in [-0.2, 0) is 16.1 Å². The topological polar surface area (TPSA) is 120 Å². The third-order valence-electron chi connectivity index (χ3n) is 3.37. The minimum absolute atomic E-state index is 0.468. The van der Waals surface area contributed by atoms with Gasteiger partial charge in [-0.2, -0.15) is 5.26 Å². The first-order chi connectivity index (χ1) is 14.3. The van der Waals surface area contributed by atoms with Crippen LogP contribution in [0.4, 0.5) is 0 Å².